The van der Waals surface area contributed by atoms with Crippen LogP contribution < -0.4 is 0 Å². The Balaban J connectivity index is 2.38. The average Bonchev–Trinajstić information content (AvgIpc) is 2.89. The number of unbranched alkanes of at least 4 members (excludes halogenated alkanes) is 3. The summed E-state index contributed by atoms with van der Waals surface area (Å²) in [5.74, 6) is 0.576. The Morgan fingerprint density at radius 2 is 1.92 bits per heavy atom. The maximum Gasteiger partial charge on any atom is 0.305 e. The van der Waals surface area contributed by atoms with Gasteiger partial charge >= 0.3 is 5.97 Å². The minimum absolute atomic E-state index is 0.0159. The number of allylic oxidation sites excluding steroid dienone is 2. The fourth-order valence-corrected chi connectivity index (χ4v) is 4.10. The summed E-state index contributed by atoms with van der Waals surface area (Å²) in [6, 6.07) is 0. The van der Waals surface area contributed by atoms with Gasteiger partial charge in [0.05, 0.1) is 7.11 Å². The lowest BCUT2D eigenvalue weighted by atomic mass is 9.87. The Labute approximate surface area is 163 Å². The van der Waals surface area contributed by atoms with Crippen molar-refractivity contribution in [3.8, 4) is 0 Å². The van der Waals surface area contributed by atoms with Gasteiger partial charge in [-0.15, -0.1) is 0 Å². The zero-order chi connectivity index (χ0) is 19.4. The van der Waals surface area contributed by atoms with Gasteiger partial charge in [-0.2, -0.15) is 12.6 Å². The highest BCUT2D eigenvalue weighted by molar-refractivity contribution is 7.81. The molecule has 0 radical (unpaired) electrons. The predicted molar refractivity (Wildman–Crippen MR) is 107 cm³/mol. The third-order valence-electron chi connectivity index (χ3n) is 5.19. The Morgan fingerprint density at radius 1 is 1.15 bits per heavy atom. The van der Waals surface area contributed by atoms with E-state index in [1.165, 1.54) is 7.11 Å². The molecule has 1 rings (SSSR count). The summed E-state index contributed by atoms with van der Waals surface area (Å²) in [5, 5.41) is 0.0728. The number of carbonyl (C=O) groups excluding carboxylic acids is 3. The maximum absolute atomic E-state index is 12.3. The second kappa shape index (κ2) is 13.1. The lowest BCUT2D eigenvalue weighted by molar-refractivity contribution is -0.140. The van der Waals surface area contributed by atoms with Gasteiger partial charge in [-0.25, -0.2) is 0 Å². The van der Waals surface area contributed by atoms with E-state index in [1.54, 1.807) is 0 Å². The highest BCUT2D eigenvalue weighted by Crippen LogP contribution is 2.38. The van der Waals surface area contributed by atoms with Crippen molar-refractivity contribution in [3.05, 3.63) is 12.2 Å². The Bertz CT molecular complexity index is 486. The molecule has 1 fully saturated rings. The number of Topliss-reactive ketones (excluding diaryl/α,β-unsaturated/α-hetero) is 2. The van der Waals surface area contributed by atoms with Gasteiger partial charge in [-0.3, -0.25) is 14.4 Å². The first kappa shape index (κ1) is 22.9. The minimum Gasteiger partial charge on any atom is -0.469 e. The van der Waals surface area contributed by atoms with Crippen molar-refractivity contribution >= 4 is 30.2 Å². The Hall–Kier alpha value is -1.10. The highest BCUT2D eigenvalue weighted by Gasteiger charge is 2.39. The van der Waals surface area contributed by atoms with Crippen LogP contribution in [0.4, 0.5) is 0 Å². The van der Waals surface area contributed by atoms with Crippen LogP contribution in [0.3, 0.4) is 0 Å². The van der Waals surface area contributed by atoms with Gasteiger partial charge in [0.1, 0.15) is 11.6 Å². The lowest BCUT2D eigenvalue weighted by Crippen LogP contribution is -2.19. The molecule has 4 nitrogen and oxygen atoms in total. The Morgan fingerprint density at radius 3 is 2.62 bits per heavy atom. The molecule has 0 aliphatic heterocycles. The van der Waals surface area contributed by atoms with E-state index in [-0.39, 0.29) is 28.8 Å². The number of hydrogen-bond acceptors (Lipinski definition) is 5. The topological polar surface area (TPSA) is 60.4 Å². The first-order valence-corrected chi connectivity index (χ1v) is 10.5. The van der Waals surface area contributed by atoms with Gasteiger partial charge < -0.3 is 4.74 Å². The number of ether oxygens (including phenoxy) is 1. The van der Waals surface area contributed by atoms with Crippen LogP contribution in [-0.4, -0.2) is 29.9 Å². The number of methoxy groups -OCH3 is 1. The molecule has 1 unspecified atom stereocenters. The van der Waals surface area contributed by atoms with E-state index in [0.717, 1.165) is 38.5 Å². The van der Waals surface area contributed by atoms with Crippen LogP contribution in [0.1, 0.15) is 77.6 Å². The quantitative estimate of drug-likeness (QED) is 0.217. The van der Waals surface area contributed by atoms with Crippen molar-refractivity contribution in [2.24, 2.45) is 11.8 Å². The van der Waals surface area contributed by atoms with Crippen LogP contribution in [0.15, 0.2) is 12.2 Å². The third kappa shape index (κ3) is 8.52. The zero-order valence-corrected chi connectivity index (χ0v) is 17.1. The number of hydrogen-bond donors (Lipinski definition) is 1. The van der Waals surface area contributed by atoms with Crippen molar-refractivity contribution in [3.63, 3.8) is 0 Å². The van der Waals surface area contributed by atoms with E-state index in [0.29, 0.717) is 37.9 Å². The fraction of sp³-hybridized carbons (Fsp3) is 0.762. The molecular formula is C21H34O4S. The summed E-state index contributed by atoms with van der Waals surface area (Å²) in [6.45, 7) is 2.13. The number of rotatable bonds is 13. The SMILES string of the molecule is CCCCCC(=O)CC[C@@H]1C(CC=CCCCC(=O)OC)C(=O)C[C@H]1S. The summed E-state index contributed by atoms with van der Waals surface area (Å²) in [5.41, 5.74) is 0. The molecule has 1 saturated carbocycles. The Kier molecular flexibility index (Phi) is 11.6. The van der Waals surface area contributed by atoms with Crippen LogP contribution in [0.2, 0.25) is 0 Å². The first-order valence-electron chi connectivity index (χ1n) is 9.93. The smallest absolute Gasteiger partial charge is 0.305 e. The molecule has 148 valence electrons. The van der Waals surface area contributed by atoms with E-state index < -0.39 is 0 Å². The van der Waals surface area contributed by atoms with Crippen LogP contribution in [-0.2, 0) is 19.1 Å². The van der Waals surface area contributed by atoms with Crippen LogP contribution >= 0.6 is 12.6 Å². The lowest BCUT2D eigenvalue weighted by Gasteiger charge is -2.20. The molecule has 0 saturated heterocycles. The monoisotopic (exact) mass is 382 g/mol. The molecule has 3 atom stereocenters. The standard InChI is InChI=1S/C21H34O4S/c1-3-4-7-10-16(22)13-14-18-17(19(23)15-20(18)26)11-8-5-6-9-12-21(24)25-2/h5,8,17-18,20,26H,3-4,6-7,9-15H2,1-2H3/t17?,18-,20-/m1/s1. The molecule has 0 aromatic rings. The average molecular weight is 383 g/mol. The van der Waals surface area contributed by atoms with Crippen LogP contribution in [0.5, 0.6) is 0 Å². The van der Waals surface area contributed by atoms with Crippen molar-refractivity contribution in [2.75, 3.05) is 7.11 Å². The summed E-state index contributed by atoms with van der Waals surface area (Å²) < 4.78 is 4.61. The number of thiol groups is 1. The van der Waals surface area contributed by atoms with Crippen molar-refractivity contribution in [2.45, 2.75) is 82.8 Å². The van der Waals surface area contributed by atoms with Gasteiger partial charge in [0.2, 0.25) is 0 Å². The molecule has 0 aromatic heterocycles. The van der Waals surface area contributed by atoms with Crippen molar-refractivity contribution in [1.82, 2.24) is 0 Å². The third-order valence-corrected chi connectivity index (χ3v) is 5.75. The molecule has 0 spiro atoms. The summed E-state index contributed by atoms with van der Waals surface area (Å²) in [7, 11) is 1.40. The van der Waals surface area contributed by atoms with Gasteiger partial charge in [-0.05, 0) is 38.0 Å². The molecular weight excluding hydrogens is 348 g/mol. The second-order valence-corrected chi connectivity index (χ2v) is 7.88. The molecule has 1 aliphatic carbocycles. The molecule has 1 aliphatic rings. The van der Waals surface area contributed by atoms with E-state index in [2.05, 4.69) is 24.3 Å². The number of ketones is 2. The van der Waals surface area contributed by atoms with Crippen molar-refractivity contribution < 1.29 is 19.1 Å². The van der Waals surface area contributed by atoms with Gasteiger partial charge in [0.25, 0.3) is 0 Å². The second-order valence-electron chi connectivity index (χ2n) is 7.22. The van der Waals surface area contributed by atoms with Crippen LogP contribution in [0, 0.1) is 11.8 Å². The minimum atomic E-state index is -0.189. The molecule has 5 heteroatoms. The van der Waals surface area contributed by atoms with Crippen molar-refractivity contribution in [1.29, 1.82) is 0 Å². The normalized spacial score (nSPS) is 22.9. The fourth-order valence-electron chi connectivity index (χ4n) is 3.57. The van der Waals surface area contributed by atoms with E-state index >= 15 is 0 Å². The van der Waals surface area contributed by atoms with Gasteiger partial charge in [0.15, 0.2) is 0 Å². The van der Waals surface area contributed by atoms with E-state index in [1.807, 2.05) is 12.2 Å². The molecule has 26 heavy (non-hydrogen) atoms. The summed E-state index contributed by atoms with van der Waals surface area (Å²) in [6.07, 6.45) is 12.5. The molecule has 0 N–H and O–H groups in total. The summed E-state index contributed by atoms with van der Waals surface area (Å²) >= 11 is 4.60. The van der Waals surface area contributed by atoms with E-state index in [9.17, 15) is 14.4 Å². The largest absolute Gasteiger partial charge is 0.469 e. The van der Waals surface area contributed by atoms with E-state index in [4.69, 9.17) is 0 Å². The predicted octanol–water partition coefficient (Wildman–Crippen LogP) is 4.71. The number of esters is 1. The number of carbonyl (C=O) groups is 3. The summed E-state index contributed by atoms with van der Waals surface area (Å²) in [4.78, 5) is 35.3. The van der Waals surface area contributed by atoms with Crippen LogP contribution in [0.25, 0.3) is 0 Å². The van der Waals surface area contributed by atoms with Gasteiger partial charge in [0, 0.05) is 36.9 Å². The molecule has 0 amide bonds. The highest BCUT2D eigenvalue weighted by atomic mass is 32.1. The molecule has 0 bridgehead atoms. The maximum atomic E-state index is 12.3. The molecule has 0 aromatic carbocycles. The van der Waals surface area contributed by atoms with Gasteiger partial charge in [-0.1, -0.05) is 31.9 Å². The molecule has 0 heterocycles. The zero-order valence-electron chi connectivity index (χ0n) is 16.2. The first-order chi connectivity index (χ1) is 12.5.